The van der Waals surface area contributed by atoms with Crippen molar-refractivity contribution in [2.75, 3.05) is 13.6 Å². The number of ether oxygens (including phenoxy) is 2. The van der Waals surface area contributed by atoms with E-state index < -0.39 is 6.09 Å². The van der Waals surface area contributed by atoms with Crippen molar-refractivity contribution in [2.24, 2.45) is 17.5 Å². The molecule has 1 amide bonds. The number of hydrazine groups is 1. The monoisotopic (exact) mass is 417 g/mol. The topological polar surface area (TPSA) is 116 Å². The summed E-state index contributed by atoms with van der Waals surface area (Å²) in [5, 5.41) is 4.13. The first-order valence-corrected chi connectivity index (χ1v) is 10.9. The van der Waals surface area contributed by atoms with Crippen LogP contribution in [0.5, 0.6) is 5.75 Å². The molecule has 0 aromatic carbocycles. The Morgan fingerprint density at radius 2 is 1.97 bits per heavy atom. The highest BCUT2D eigenvalue weighted by atomic mass is 16.6. The zero-order valence-corrected chi connectivity index (χ0v) is 18.3. The van der Waals surface area contributed by atoms with Crippen molar-refractivity contribution in [3.8, 4) is 5.75 Å². The molecule has 1 aromatic heterocycles. The summed E-state index contributed by atoms with van der Waals surface area (Å²) in [5.74, 6) is 7.23. The Balaban J connectivity index is 1.65. The van der Waals surface area contributed by atoms with Gasteiger partial charge >= 0.3 is 6.09 Å². The highest BCUT2D eigenvalue weighted by molar-refractivity contribution is 5.69. The average molecular weight is 418 g/mol. The Morgan fingerprint density at radius 1 is 1.27 bits per heavy atom. The quantitative estimate of drug-likeness (QED) is 0.440. The van der Waals surface area contributed by atoms with Crippen molar-refractivity contribution >= 4 is 11.8 Å². The van der Waals surface area contributed by atoms with Crippen molar-refractivity contribution in [1.29, 1.82) is 0 Å². The minimum absolute atomic E-state index is 0.0774. The first kappa shape index (κ1) is 22.2. The minimum Gasteiger partial charge on any atom is -0.489 e. The molecule has 166 valence electrons. The van der Waals surface area contributed by atoms with Gasteiger partial charge in [0.15, 0.2) is 0 Å². The zero-order valence-electron chi connectivity index (χ0n) is 18.3. The lowest BCUT2D eigenvalue weighted by Crippen LogP contribution is -2.37. The van der Waals surface area contributed by atoms with E-state index in [-0.39, 0.29) is 18.8 Å². The maximum Gasteiger partial charge on any atom is 0.407 e. The van der Waals surface area contributed by atoms with Crippen LogP contribution in [0.15, 0.2) is 17.8 Å². The molecular weight excluding hydrogens is 382 g/mol. The predicted molar refractivity (Wildman–Crippen MR) is 116 cm³/mol. The summed E-state index contributed by atoms with van der Waals surface area (Å²) in [7, 11) is 1.68. The van der Waals surface area contributed by atoms with E-state index in [1.807, 2.05) is 26.0 Å². The van der Waals surface area contributed by atoms with Crippen LogP contribution in [0.1, 0.15) is 63.3 Å². The first-order valence-electron chi connectivity index (χ1n) is 10.9. The molecule has 8 heteroatoms. The van der Waals surface area contributed by atoms with Crippen molar-refractivity contribution < 1.29 is 14.3 Å². The molecule has 0 spiro atoms. The minimum atomic E-state index is -0.470. The Kier molecular flexibility index (Phi) is 7.42. The summed E-state index contributed by atoms with van der Waals surface area (Å²) in [6, 6.07) is 3.74. The van der Waals surface area contributed by atoms with Crippen molar-refractivity contribution in [3.63, 3.8) is 0 Å². The predicted octanol–water partition coefficient (Wildman–Crippen LogP) is 3.06. The number of carbonyl (C=O) groups is 1. The molecule has 2 aliphatic carbocycles. The second kappa shape index (κ2) is 10.0. The van der Waals surface area contributed by atoms with E-state index in [0.29, 0.717) is 23.0 Å². The number of rotatable bonds is 8. The molecule has 2 aliphatic rings. The highest BCUT2D eigenvalue weighted by Crippen LogP contribution is 2.34. The van der Waals surface area contributed by atoms with E-state index in [1.54, 1.807) is 7.05 Å². The van der Waals surface area contributed by atoms with E-state index in [2.05, 4.69) is 10.3 Å². The number of nitrogens with one attached hydrogen (secondary N) is 1. The molecule has 30 heavy (non-hydrogen) atoms. The SMILES string of the molecule is Cc1nc(/C(N)=C(\CNC(=O)O[C@@H](C)C2CC2)N(C)N)ccc1OC1CCCCC1. The second-order valence-electron chi connectivity index (χ2n) is 8.43. The van der Waals surface area contributed by atoms with Crippen LogP contribution in [0.3, 0.4) is 0 Å². The zero-order chi connectivity index (χ0) is 21.7. The Hall–Kier alpha value is -2.48. The number of hydrogen-bond donors (Lipinski definition) is 3. The number of likely N-dealkylation sites (N-methyl/N-ethyl adjacent to an activating group) is 1. The average Bonchev–Trinajstić information content (AvgIpc) is 3.55. The number of nitrogens with two attached hydrogens (primary N) is 2. The maximum atomic E-state index is 12.1. The molecule has 2 fully saturated rings. The molecule has 0 bridgehead atoms. The summed E-state index contributed by atoms with van der Waals surface area (Å²) < 4.78 is 11.5. The van der Waals surface area contributed by atoms with E-state index in [0.717, 1.165) is 37.1 Å². The number of nitrogens with zero attached hydrogens (tertiary/aromatic N) is 2. The van der Waals surface area contributed by atoms with Crippen molar-refractivity contribution in [2.45, 2.75) is 71.0 Å². The van der Waals surface area contributed by atoms with Gasteiger partial charge in [-0.2, -0.15) is 0 Å². The van der Waals surface area contributed by atoms with Gasteiger partial charge in [-0.1, -0.05) is 6.42 Å². The van der Waals surface area contributed by atoms with Crippen LogP contribution in [0, 0.1) is 12.8 Å². The van der Waals surface area contributed by atoms with E-state index >= 15 is 0 Å². The van der Waals surface area contributed by atoms with Gasteiger partial charge in [-0.25, -0.2) is 15.6 Å². The molecule has 2 saturated carbocycles. The van der Waals surface area contributed by atoms with Gasteiger partial charge in [-0.05, 0) is 70.4 Å². The normalized spacial score (nSPS) is 18.9. The Bertz CT molecular complexity index is 770. The fourth-order valence-corrected chi connectivity index (χ4v) is 3.77. The molecule has 5 N–H and O–H groups in total. The van der Waals surface area contributed by atoms with Gasteiger partial charge in [0.05, 0.1) is 35.4 Å². The Labute approximate surface area is 179 Å². The molecule has 3 rings (SSSR count). The molecule has 1 heterocycles. The van der Waals surface area contributed by atoms with Crippen LogP contribution in [-0.4, -0.2) is 41.9 Å². The van der Waals surface area contributed by atoms with E-state index in [9.17, 15) is 4.79 Å². The summed E-state index contributed by atoms with van der Waals surface area (Å²) >= 11 is 0. The van der Waals surface area contributed by atoms with E-state index in [4.69, 9.17) is 21.1 Å². The molecular formula is C22H35N5O3. The lowest BCUT2D eigenvalue weighted by Gasteiger charge is -2.24. The standard InChI is InChI=1S/C22H35N5O3/c1-14-20(30-17-7-5-4-6-8-17)12-11-18(26-14)21(23)19(27(3)24)13-25-22(28)29-15(2)16-9-10-16/h11-12,15-17H,4-10,13,23-24H2,1-3H3,(H,25,28)/b21-19-/t15-/m0/s1. The summed E-state index contributed by atoms with van der Waals surface area (Å²) in [5.41, 5.74) is 8.69. The van der Waals surface area contributed by atoms with Gasteiger partial charge < -0.3 is 25.5 Å². The van der Waals surface area contributed by atoms with Gasteiger partial charge in [-0.3, -0.25) is 0 Å². The van der Waals surface area contributed by atoms with Crippen LogP contribution in [0.2, 0.25) is 0 Å². The van der Waals surface area contributed by atoms with Crippen LogP contribution < -0.4 is 21.6 Å². The van der Waals surface area contributed by atoms with Crippen LogP contribution in [0.25, 0.3) is 5.70 Å². The third kappa shape index (κ3) is 6.01. The van der Waals surface area contributed by atoms with Crippen LogP contribution in [-0.2, 0) is 4.74 Å². The fourth-order valence-electron chi connectivity index (χ4n) is 3.77. The smallest absolute Gasteiger partial charge is 0.407 e. The number of aromatic nitrogens is 1. The third-order valence-corrected chi connectivity index (χ3v) is 5.87. The number of alkyl carbamates (subject to hydrolysis) is 1. The molecule has 0 aliphatic heterocycles. The van der Waals surface area contributed by atoms with Gasteiger partial charge in [0.25, 0.3) is 0 Å². The number of aryl methyl sites for hydroxylation is 1. The number of hydrogen-bond acceptors (Lipinski definition) is 7. The molecule has 0 unspecified atom stereocenters. The lowest BCUT2D eigenvalue weighted by molar-refractivity contribution is 0.0957. The first-order chi connectivity index (χ1) is 14.3. The molecule has 1 atom stereocenters. The number of pyridine rings is 1. The fraction of sp³-hybridized carbons (Fsp3) is 0.636. The van der Waals surface area contributed by atoms with Gasteiger partial charge in [0.2, 0.25) is 0 Å². The van der Waals surface area contributed by atoms with Gasteiger partial charge in [-0.15, -0.1) is 0 Å². The van der Waals surface area contributed by atoms with E-state index in [1.165, 1.54) is 24.3 Å². The summed E-state index contributed by atoms with van der Waals surface area (Å²) in [6.45, 7) is 3.98. The molecule has 8 nitrogen and oxygen atoms in total. The largest absolute Gasteiger partial charge is 0.489 e. The second-order valence-corrected chi connectivity index (χ2v) is 8.43. The van der Waals surface area contributed by atoms with Crippen LogP contribution in [0.4, 0.5) is 4.79 Å². The van der Waals surface area contributed by atoms with Crippen molar-refractivity contribution in [1.82, 2.24) is 15.3 Å². The third-order valence-electron chi connectivity index (χ3n) is 5.87. The summed E-state index contributed by atoms with van der Waals surface area (Å²) in [4.78, 5) is 16.7. The Morgan fingerprint density at radius 3 is 2.57 bits per heavy atom. The van der Waals surface area contributed by atoms with Gasteiger partial charge in [0.1, 0.15) is 11.9 Å². The number of carbonyl (C=O) groups excluding carboxylic acids is 1. The molecule has 0 radical (unpaired) electrons. The molecule has 1 aromatic rings. The van der Waals surface area contributed by atoms with Gasteiger partial charge in [0, 0.05) is 7.05 Å². The molecule has 0 saturated heterocycles. The number of amides is 1. The highest BCUT2D eigenvalue weighted by Gasteiger charge is 2.30. The van der Waals surface area contributed by atoms with Crippen molar-refractivity contribution in [3.05, 3.63) is 29.2 Å². The maximum absolute atomic E-state index is 12.1. The lowest BCUT2D eigenvalue weighted by atomic mass is 9.98. The van der Waals surface area contributed by atoms with Crippen LogP contribution >= 0.6 is 0 Å². The summed E-state index contributed by atoms with van der Waals surface area (Å²) in [6.07, 6.45) is 7.84.